The number of halogens is 1. The van der Waals surface area contributed by atoms with Gasteiger partial charge in [0.2, 0.25) is 0 Å². The van der Waals surface area contributed by atoms with Gasteiger partial charge in [0.25, 0.3) is 0 Å². The van der Waals surface area contributed by atoms with Crippen LogP contribution in [0.3, 0.4) is 0 Å². The number of piperazine rings is 1. The van der Waals surface area contributed by atoms with Gasteiger partial charge in [0.15, 0.2) is 0 Å². The molecule has 2 nitrogen and oxygen atoms in total. The Morgan fingerprint density at radius 2 is 1.71 bits per heavy atom. The van der Waals surface area contributed by atoms with Gasteiger partial charge in [0.1, 0.15) is 0 Å². The molecule has 0 amide bonds. The summed E-state index contributed by atoms with van der Waals surface area (Å²) in [6, 6.07) is 0.918. The Balaban J connectivity index is 1.66. The van der Waals surface area contributed by atoms with Crippen molar-refractivity contribution in [2.45, 2.75) is 56.3 Å². The van der Waals surface area contributed by atoms with Crippen LogP contribution >= 0.6 is 15.9 Å². The molecule has 2 fully saturated rings. The minimum absolute atomic E-state index is 0.666. The molecule has 1 unspecified atom stereocenters. The van der Waals surface area contributed by atoms with E-state index >= 15 is 0 Å². The standard InChI is InChI=1S/C14H27BrN2/c1-13(15)7-8-16-9-11-17(12-10-16)14-5-3-2-4-6-14/h13-14H,2-12H2,1H3. The molecule has 2 rings (SSSR count). The first kappa shape index (κ1) is 13.8. The van der Waals surface area contributed by atoms with Crippen molar-refractivity contribution in [3.05, 3.63) is 0 Å². The van der Waals surface area contributed by atoms with Crippen molar-refractivity contribution in [3.8, 4) is 0 Å². The second-order valence-corrected chi connectivity index (χ2v) is 7.30. The van der Waals surface area contributed by atoms with E-state index in [1.165, 1.54) is 71.2 Å². The van der Waals surface area contributed by atoms with E-state index in [-0.39, 0.29) is 0 Å². The largest absolute Gasteiger partial charge is 0.301 e. The smallest absolute Gasteiger partial charge is 0.0129 e. The Hall–Kier alpha value is 0.400. The molecule has 0 aromatic carbocycles. The molecule has 17 heavy (non-hydrogen) atoms. The minimum atomic E-state index is 0.666. The summed E-state index contributed by atoms with van der Waals surface area (Å²) >= 11 is 3.64. The first-order valence-electron chi connectivity index (χ1n) is 7.36. The van der Waals surface area contributed by atoms with Crippen LogP contribution in [0.15, 0.2) is 0 Å². The van der Waals surface area contributed by atoms with E-state index in [1.807, 2.05) is 0 Å². The summed E-state index contributed by atoms with van der Waals surface area (Å²) in [6.07, 6.45) is 8.60. The second-order valence-electron chi connectivity index (χ2n) is 5.74. The Morgan fingerprint density at radius 1 is 1.06 bits per heavy atom. The van der Waals surface area contributed by atoms with Crippen molar-refractivity contribution in [1.29, 1.82) is 0 Å². The number of hydrogen-bond donors (Lipinski definition) is 0. The first-order valence-corrected chi connectivity index (χ1v) is 8.28. The van der Waals surface area contributed by atoms with Gasteiger partial charge in [0.05, 0.1) is 0 Å². The van der Waals surface area contributed by atoms with Crippen LogP contribution in [0.5, 0.6) is 0 Å². The third kappa shape index (κ3) is 4.53. The number of rotatable bonds is 4. The average molecular weight is 303 g/mol. The minimum Gasteiger partial charge on any atom is -0.301 e. The summed E-state index contributed by atoms with van der Waals surface area (Å²) in [5.41, 5.74) is 0. The highest BCUT2D eigenvalue weighted by atomic mass is 79.9. The van der Waals surface area contributed by atoms with E-state index in [9.17, 15) is 0 Å². The van der Waals surface area contributed by atoms with Crippen molar-refractivity contribution < 1.29 is 0 Å². The quantitative estimate of drug-likeness (QED) is 0.736. The molecule has 0 bridgehead atoms. The van der Waals surface area contributed by atoms with E-state index in [2.05, 4.69) is 32.7 Å². The molecule has 0 radical (unpaired) electrons. The van der Waals surface area contributed by atoms with Gasteiger partial charge in [-0.05, 0) is 25.8 Å². The zero-order valence-corrected chi connectivity index (χ0v) is 12.8. The van der Waals surface area contributed by atoms with E-state index in [0.717, 1.165) is 6.04 Å². The van der Waals surface area contributed by atoms with Crippen molar-refractivity contribution in [3.63, 3.8) is 0 Å². The van der Waals surface area contributed by atoms with Crippen LogP contribution in [0, 0.1) is 0 Å². The van der Waals surface area contributed by atoms with Gasteiger partial charge in [-0.25, -0.2) is 0 Å². The first-order chi connectivity index (χ1) is 8.25. The Bertz CT molecular complexity index is 206. The third-order valence-corrected chi connectivity index (χ3v) is 4.80. The van der Waals surface area contributed by atoms with Crippen LogP contribution in [-0.4, -0.2) is 53.4 Å². The molecule has 1 aliphatic heterocycles. The lowest BCUT2D eigenvalue weighted by Crippen LogP contribution is -2.51. The Morgan fingerprint density at radius 3 is 2.29 bits per heavy atom. The fourth-order valence-corrected chi connectivity index (χ4v) is 3.36. The van der Waals surface area contributed by atoms with Gasteiger partial charge in [-0.2, -0.15) is 0 Å². The maximum Gasteiger partial charge on any atom is 0.0129 e. The lowest BCUT2D eigenvalue weighted by Gasteiger charge is -2.40. The lowest BCUT2D eigenvalue weighted by molar-refractivity contribution is 0.0786. The maximum atomic E-state index is 3.64. The molecule has 2 aliphatic rings. The highest BCUT2D eigenvalue weighted by Crippen LogP contribution is 2.23. The normalized spacial score (nSPS) is 27.2. The summed E-state index contributed by atoms with van der Waals surface area (Å²) < 4.78 is 0. The van der Waals surface area contributed by atoms with Crippen molar-refractivity contribution in [2.75, 3.05) is 32.7 Å². The van der Waals surface area contributed by atoms with Gasteiger partial charge in [-0.3, -0.25) is 4.90 Å². The van der Waals surface area contributed by atoms with Gasteiger partial charge in [-0.1, -0.05) is 42.1 Å². The zero-order valence-electron chi connectivity index (χ0n) is 11.2. The molecule has 0 aromatic rings. The van der Waals surface area contributed by atoms with Gasteiger partial charge >= 0.3 is 0 Å². The molecule has 1 atom stereocenters. The monoisotopic (exact) mass is 302 g/mol. The van der Waals surface area contributed by atoms with Gasteiger partial charge in [0, 0.05) is 37.0 Å². The topological polar surface area (TPSA) is 6.48 Å². The van der Waals surface area contributed by atoms with Crippen LogP contribution in [-0.2, 0) is 0 Å². The predicted octanol–water partition coefficient (Wildman–Crippen LogP) is 3.11. The van der Waals surface area contributed by atoms with E-state index < -0.39 is 0 Å². The average Bonchev–Trinajstić information content (AvgIpc) is 2.38. The summed E-state index contributed by atoms with van der Waals surface area (Å²) in [4.78, 5) is 6.06. The van der Waals surface area contributed by atoms with Crippen molar-refractivity contribution in [2.24, 2.45) is 0 Å². The Labute approximate surface area is 115 Å². The van der Waals surface area contributed by atoms with Crippen LogP contribution < -0.4 is 0 Å². The summed E-state index contributed by atoms with van der Waals surface area (Å²) in [6.45, 7) is 8.71. The zero-order chi connectivity index (χ0) is 12.1. The fourth-order valence-electron chi connectivity index (χ4n) is 3.16. The number of hydrogen-bond acceptors (Lipinski definition) is 2. The molecule has 0 spiro atoms. The molecule has 1 saturated heterocycles. The van der Waals surface area contributed by atoms with Crippen LogP contribution in [0.4, 0.5) is 0 Å². The molecular formula is C14H27BrN2. The van der Waals surface area contributed by atoms with Gasteiger partial charge < -0.3 is 4.90 Å². The summed E-state index contributed by atoms with van der Waals surface area (Å²) in [7, 11) is 0. The predicted molar refractivity (Wildman–Crippen MR) is 77.9 cm³/mol. The summed E-state index contributed by atoms with van der Waals surface area (Å²) in [5, 5.41) is 0. The second kappa shape index (κ2) is 7.10. The molecule has 0 aromatic heterocycles. The van der Waals surface area contributed by atoms with Crippen LogP contribution in [0.1, 0.15) is 45.4 Å². The van der Waals surface area contributed by atoms with Crippen molar-refractivity contribution in [1.82, 2.24) is 9.80 Å². The van der Waals surface area contributed by atoms with E-state index in [1.54, 1.807) is 0 Å². The lowest BCUT2D eigenvalue weighted by atomic mass is 9.94. The fraction of sp³-hybridized carbons (Fsp3) is 1.00. The van der Waals surface area contributed by atoms with Crippen molar-refractivity contribution >= 4 is 15.9 Å². The maximum absolute atomic E-state index is 3.64. The summed E-state index contributed by atoms with van der Waals surface area (Å²) in [5.74, 6) is 0. The van der Waals surface area contributed by atoms with E-state index in [4.69, 9.17) is 0 Å². The number of nitrogens with zero attached hydrogens (tertiary/aromatic N) is 2. The van der Waals surface area contributed by atoms with Crippen LogP contribution in [0.2, 0.25) is 0 Å². The number of alkyl halides is 1. The Kier molecular flexibility index (Phi) is 5.78. The van der Waals surface area contributed by atoms with Gasteiger partial charge in [-0.15, -0.1) is 0 Å². The highest BCUT2D eigenvalue weighted by molar-refractivity contribution is 9.09. The SMILES string of the molecule is CC(Br)CCN1CCN(C2CCCCC2)CC1. The molecule has 100 valence electrons. The van der Waals surface area contributed by atoms with Crippen LogP contribution in [0.25, 0.3) is 0 Å². The molecule has 1 saturated carbocycles. The molecule has 0 N–H and O–H groups in total. The highest BCUT2D eigenvalue weighted by Gasteiger charge is 2.24. The van der Waals surface area contributed by atoms with E-state index in [0.29, 0.717) is 4.83 Å². The third-order valence-electron chi connectivity index (χ3n) is 4.34. The molecule has 3 heteroatoms. The molecular weight excluding hydrogens is 276 g/mol. The molecule has 1 aliphatic carbocycles. The molecule has 1 heterocycles.